The summed E-state index contributed by atoms with van der Waals surface area (Å²) in [7, 11) is 0. The summed E-state index contributed by atoms with van der Waals surface area (Å²) in [4.78, 5) is 10.9. The average molecular weight is 240 g/mol. The summed E-state index contributed by atoms with van der Waals surface area (Å²) in [6, 6.07) is 0. The summed E-state index contributed by atoms with van der Waals surface area (Å²) in [5.74, 6) is -3.39. The van der Waals surface area contributed by atoms with Crippen molar-refractivity contribution in [3.63, 3.8) is 0 Å². The molecule has 2 saturated carbocycles. The molecule has 0 heterocycles. The van der Waals surface area contributed by atoms with E-state index in [-0.39, 0.29) is 28.5 Å². The highest BCUT2D eigenvalue weighted by molar-refractivity contribution is 5.79. The van der Waals surface area contributed by atoms with Crippen LogP contribution in [-0.2, 0) is 0 Å². The molecule has 2 aliphatic carbocycles. The van der Waals surface area contributed by atoms with Gasteiger partial charge < -0.3 is 0 Å². The second kappa shape index (κ2) is 3.59. The Labute approximate surface area is 96.6 Å². The maximum absolute atomic E-state index is 14.0. The van der Waals surface area contributed by atoms with Crippen LogP contribution in [0.15, 0.2) is 0 Å². The Balaban J connectivity index is 2.26. The molecule has 1 aromatic carbocycles. The molecule has 90 valence electrons. The third kappa shape index (κ3) is 1.58. The summed E-state index contributed by atoms with van der Waals surface area (Å²) in [6.07, 6.45) is 3.03. The fraction of sp³-hybridized carbons (Fsp3) is 0.462. The Bertz CT molecular complexity index is 502. The van der Waals surface area contributed by atoms with Crippen molar-refractivity contribution in [1.29, 1.82) is 0 Å². The Hall–Kier alpha value is -1.32. The van der Waals surface area contributed by atoms with E-state index >= 15 is 0 Å². The van der Waals surface area contributed by atoms with Gasteiger partial charge >= 0.3 is 0 Å². The summed E-state index contributed by atoms with van der Waals surface area (Å²) in [6.45, 7) is 0. The van der Waals surface area contributed by atoms with Gasteiger partial charge in [-0.1, -0.05) is 0 Å². The van der Waals surface area contributed by atoms with Crippen LogP contribution in [-0.4, -0.2) is 6.29 Å². The molecule has 2 fully saturated rings. The first-order valence-corrected chi connectivity index (χ1v) is 5.80. The highest BCUT2D eigenvalue weighted by Gasteiger charge is 2.38. The monoisotopic (exact) mass is 240 g/mol. The van der Waals surface area contributed by atoms with Crippen molar-refractivity contribution in [3.8, 4) is 0 Å². The van der Waals surface area contributed by atoms with Gasteiger partial charge in [0.15, 0.2) is 17.9 Å². The number of hydrogen-bond acceptors (Lipinski definition) is 1. The second-order valence-electron chi connectivity index (χ2n) is 4.85. The topological polar surface area (TPSA) is 17.1 Å². The SMILES string of the molecule is O=Cc1c(F)c(C2CC2)c(F)c(F)c1C1CC1. The predicted molar refractivity (Wildman–Crippen MR) is 55.7 cm³/mol. The quantitative estimate of drug-likeness (QED) is 0.582. The van der Waals surface area contributed by atoms with Crippen molar-refractivity contribution in [2.24, 2.45) is 0 Å². The largest absolute Gasteiger partial charge is 0.298 e. The third-order valence-electron chi connectivity index (χ3n) is 3.52. The number of carbonyl (C=O) groups is 1. The molecule has 1 nitrogen and oxygen atoms in total. The van der Waals surface area contributed by atoms with E-state index < -0.39 is 17.5 Å². The normalized spacial score (nSPS) is 19.5. The van der Waals surface area contributed by atoms with Gasteiger partial charge in [0, 0.05) is 11.1 Å². The summed E-state index contributed by atoms with van der Waals surface area (Å²) in [5, 5.41) is 0. The zero-order chi connectivity index (χ0) is 12.2. The van der Waals surface area contributed by atoms with Gasteiger partial charge in [0.25, 0.3) is 0 Å². The first-order chi connectivity index (χ1) is 8.15. The van der Waals surface area contributed by atoms with E-state index in [9.17, 15) is 18.0 Å². The van der Waals surface area contributed by atoms with Gasteiger partial charge in [0.05, 0.1) is 5.56 Å². The standard InChI is InChI=1S/C13H11F3O/c14-11-8(5-17)9(6-1-2-6)12(15)13(16)10(11)7-3-4-7/h5-7H,1-4H2. The summed E-state index contributed by atoms with van der Waals surface area (Å²) in [5.41, 5.74) is -0.554. The fourth-order valence-corrected chi connectivity index (χ4v) is 2.33. The fourth-order valence-electron chi connectivity index (χ4n) is 2.33. The number of carbonyl (C=O) groups excluding carboxylic acids is 1. The Morgan fingerprint density at radius 1 is 0.824 bits per heavy atom. The Morgan fingerprint density at radius 3 is 1.76 bits per heavy atom. The molecule has 0 N–H and O–H groups in total. The molecule has 17 heavy (non-hydrogen) atoms. The van der Waals surface area contributed by atoms with Crippen LogP contribution in [0.25, 0.3) is 0 Å². The molecule has 0 unspecified atom stereocenters. The smallest absolute Gasteiger partial charge is 0.165 e. The number of rotatable bonds is 3. The van der Waals surface area contributed by atoms with E-state index in [0.29, 0.717) is 32.0 Å². The van der Waals surface area contributed by atoms with E-state index in [1.54, 1.807) is 0 Å². The van der Waals surface area contributed by atoms with Gasteiger partial charge in [-0.15, -0.1) is 0 Å². The second-order valence-corrected chi connectivity index (χ2v) is 4.85. The van der Waals surface area contributed by atoms with E-state index in [1.807, 2.05) is 0 Å². The van der Waals surface area contributed by atoms with Crippen LogP contribution in [0.5, 0.6) is 0 Å². The van der Waals surface area contributed by atoms with Crippen LogP contribution in [0.1, 0.15) is 59.0 Å². The molecule has 0 atom stereocenters. The molecule has 0 aromatic heterocycles. The lowest BCUT2D eigenvalue weighted by atomic mass is 9.96. The van der Waals surface area contributed by atoms with Gasteiger partial charge in [-0.25, -0.2) is 13.2 Å². The van der Waals surface area contributed by atoms with Gasteiger partial charge in [-0.3, -0.25) is 4.79 Å². The molecule has 3 rings (SSSR count). The lowest BCUT2D eigenvalue weighted by molar-refractivity contribution is 0.111. The van der Waals surface area contributed by atoms with E-state index in [0.717, 1.165) is 0 Å². The first kappa shape index (κ1) is 10.8. The van der Waals surface area contributed by atoms with Crippen LogP contribution in [0, 0.1) is 17.5 Å². The first-order valence-electron chi connectivity index (χ1n) is 5.80. The Kier molecular flexibility index (Phi) is 2.28. The van der Waals surface area contributed by atoms with Crippen molar-refractivity contribution in [1.82, 2.24) is 0 Å². The third-order valence-corrected chi connectivity index (χ3v) is 3.52. The molecule has 0 aliphatic heterocycles. The van der Waals surface area contributed by atoms with Crippen LogP contribution in [0.4, 0.5) is 13.2 Å². The van der Waals surface area contributed by atoms with Crippen LogP contribution < -0.4 is 0 Å². The lowest BCUT2D eigenvalue weighted by Gasteiger charge is -2.12. The van der Waals surface area contributed by atoms with Crippen molar-refractivity contribution in [2.75, 3.05) is 0 Å². The molecule has 0 saturated heterocycles. The van der Waals surface area contributed by atoms with Gasteiger partial charge in [-0.05, 0) is 37.5 Å². The predicted octanol–water partition coefficient (Wildman–Crippen LogP) is 3.67. The highest BCUT2D eigenvalue weighted by Crippen LogP contribution is 2.48. The van der Waals surface area contributed by atoms with Crippen molar-refractivity contribution < 1.29 is 18.0 Å². The maximum Gasteiger partial charge on any atom is 0.165 e. The highest BCUT2D eigenvalue weighted by atomic mass is 19.2. The van der Waals surface area contributed by atoms with Crippen molar-refractivity contribution >= 4 is 6.29 Å². The Morgan fingerprint density at radius 2 is 1.29 bits per heavy atom. The van der Waals surface area contributed by atoms with Gasteiger partial charge in [-0.2, -0.15) is 0 Å². The van der Waals surface area contributed by atoms with E-state index in [2.05, 4.69) is 0 Å². The van der Waals surface area contributed by atoms with Crippen LogP contribution in [0.3, 0.4) is 0 Å². The molecule has 2 aliphatic rings. The molecule has 4 heteroatoms. The van der Waals surface area contributed by atoms with Crippen molar-refractivity contribution in [2.45, 2.75) is 37.5 Å². The lowest BCUT2D eigenvalue weighted by Crippen LogP contribution is -2.08. The number of hydrogen-bond donors (Lipinski definition) is 0. The number of benzene rings is 1. The van der Waals surface area contributed by atoms with Crippen LogP contribution >= 0.6 is 0 Å². The average Bonchev–Trinajstić information content (AvgIpc) is 3.14. The minimum absolute atomic E-state index is 0.0561. The molecule has 0 spiro atoms. The minimum atomic E-state index is -1.09. The molecular formula is C13H11F3O. The molecular weight excluding hydrogens is 229 g/mol. The van der Waals surface area contributed by atoms with Crippen molar-refractivity contribution in [3.05, 3.63) is 34.1 Å². The minimum Gasteiger partial charge on any atom is -0.298 e. The summed E-state index contributed by atoms with van der Waals surface area (Å²) < 4.78 is 41.7. The molecule has 1 aromatic rings. The van der Waals surface area contributed by atoms with Gasteiger partial charge in [0.2, 0.25) is 0 Å². The van der Waals surface area contributed by atoms with E-state index in [4.69, 9.17) is 0 Å². The van der Waals surface area contributed by atoms with E-state index in [1.165, 1.54) is 0 Å². The zero-order valence-corrected chi connectivity index (χ0v) is 9.10. The molecule has 0 radical (unpaired) electrons. The molecule has 0 amide bonds. The maximum atomic E-state index is 14.0. The number of aldehydes is 1. The van der Waals surface area contributed by atoms with Crippen LogP contribution in [0.2, 0.25) is 0 Å². The number of halogens is 3. The van der Waals surface area contributed by atoms with Gasteiger partial charge in [0.1, 0.15) is 5.82 Å². The summed E-state index contributed by atoms with van der Waals surface area (Å²) >= 11 is 0. The molecule has 0 bridgehead atoms. The zero-order valence-electron chi connectivity index (χ0n) is 9.10.